The van der Waals surface area contributed by atoms with Crippen molar-refractivity contribution in [1.29, 1.82) is 0 Å². The number of unbranched alkanes of at least 4 members (excludes halogenated alkanes) is 1. The Balaban J connectivity index is 3.03. The maximum Gasteiger partial charge on any atom is 0.0701 e. The van der Waals surface area contributed by atoms with E-state index in [0.717, 1.165) is 12.8 Å². The Morgan fingerprint density at radius 2 is 1.92 bits per heavy atom. The molecule has 0 aromatic heterocycles. The van der Waals surface area contributed by atoms with E-state index < -0.39 is 0 Å². The fraction of sp³-hybridized carbons (Fsp3) is 0.600. The molecule has 0 bridgehead atoms. The molecule has 0 aliphatic heterocycles. The molecule has 0 aromatic carbocycles. The van der Waals surface area contributed by atoms with Crippen molar-refractivity contribution in [2.24, 2.45) is 0 Å². The van der Waals surface area contributed by atoms with Crippen LogP contribution in [0, 0.1) is 0 Å². The maximum atomic E-state index is 8.38. The standard InChI is InChI=1S/C10H18O2/c1-2-3-4-5-6-7-9-12-10-8-11/h2-3,6-7,11H,4-5,8-10H2,1H3. The number of hydrogen-bond acceptors (Lipinski definition) is 2. The fourth-order valence-electron chi connectivity index (χ4n) is 0.761. The summed E-state index contributed by atoms with van der Waals surface area (Å²) in [5.41, 5.74) is 0. The van der Waals surface area contributed by atoms with Crippen LogP contribution in [0.5, 0.6) is 0 Å². The highest BCUT2D eigenvalue weighted by atomic mass is 16.5. The summed E-state index contributed by atoms with van der Waals surface area (Å²) in [5.74, 6) is 0. The number of aliphatic hydroxyl groups excluding tert-OH is 1. The number of hydrogen-bond donors (Lipinski definition) is 1. The molecule has 0 aromatic rings. The van der Waals surface area contributed by atoms with Gasteiger partial charge in [0.15, 0.2) is 0 Å². The maximum absolute atomic E-state index is 8.38. The fourth-order valence-corrected chi connectivity index (χ4v) is 0.761. The molecule has 0 fully saturated rings. The first-order chi connectivity index (χ1) is 5.91. The lowest BCUT2D eigenvalue weighted by Crippen LogP contribution is -1.97. The van der Waals surface area contributed by atoms with Gasteiger partial charge in [-0.05, 0) is 19.8 Å². The number of allylic oxidation sites excluding steroid dienone is 3. The molecule has 0 amide bonds. The predicted octanol–water partition coefficient (Wildman–Crippen LogP) is 1.91. The van der Waals surface area contributed by atoms with E-state index in [2.05, 4.69) is 18.2 Å². The van der Waals surface area contributed by atoms with E-state index in [9.17, 15) is 0 Å². The van der Waals surface area contributed by atoms with Crippen molar-refractivity contribution in [2.75, 3.05) is 19.8 Å². The second-order valence-corrected chi connectivity index (χ2v) is 2.42. The van der Waals surface area contributed by atoms with E-state index >= 15 is 0 Å². The zero-order chi connectivity index (χ0) is 9.07. The van der Waals surface area contributed by atoms with E-state index in [1.165, 1.54) is 0 Å². The van der Waals surface area contributed by atoms with Gasteiger partial charge in [-0.15, -0.1) is 0 Å². The monoisotopic (exact) mass is 170 g/mol. The van der Waals surface area contributed by atoms with E-state index in [1.54, 1.807) is 0 Å². The first-order valence-corrected chi connectivity index (χ1v) is 4.36. The van der Waals surface area contributed by atoms with Gasteiger partial charge in [-0.3, -0.25) is 0 Å². The van der Waals surface area contributed by atoms with Crippen LogP contribution in [0.25, 0.3) is 0 Å². The van der Waals surface area contributed by atoms with Crippen LogP contribution in [-0.2, 0) is 4.74 Å². The minimum Gasteiger partial charge on any atom is -0.394 e. The minimum absolute atomic E-state index is 0.104. The van der Waals surface area contributed by atoms with Crippen molar-refractivity contribution >= 4 is 0 Å². The van der Waals surface area contributed by atoms with Gasteiger partial charge >= 0.3 is 0 Å². The molecular formula is C10H18O2. The molecule has 0 saturated heterocycles. The van der Waals surface area contributed by atoms with Gasteiger partial charge in [-0.2, -0.15) is 0 Å². The zero-order valence-electron chi connectivity index (χ0n) is 7.70. The van der Waals surface area contributed by atoms with E-state index in [0.29, 0.717) is 13.2 Å². The molecule has 0 radical (unpaired) electrons. The molecule has 0 heterocycles. The van der Waals surface area contributed by atoms with Gasteiger partial charge in [0, 0.05) is 0 Å². The quantitative estimate of drug-likeness (QED) is 0.467. The van der Waals surface area contributed by atoms with Crippen LogP contribution in [0.4, 0.5) is 0 Å². The second-order valence-electron chi connectivity index (χ2n) is 2.42. The van der Waals surface area contributed by atoms with Gasteiger partial charge < -0.3 is 9.84 Å². The molecule has 1 N–H and O–H groups in total. The van der Waals surface area contributed by atoms with Crippen LogP contribution < -0.4 is 0 Å². The predicted molar refractivity (Wildman–Crippen MR) is 51.1 cm³/mol. The van der Waals surface area contributed by atoms with Crippen molar-refractivity contribution in [3.8, 4) is 0 Å². The normalized spacial score (nSPS) is 11.8. The van der Waals surface area contributed by atoms with Gasteiger partial charge in [0.2, 0.25) is 0 Å². The highest BCUT2D eigenvalue weighted by Crippen LogP contribution is 1.92. The van der Waals surface area contributed by atoms with E-state index in [-0.39, 0.29) is 6.61 Å². The summed E-state index contributed by atoms with van der Waals surface area (Å²) in [7, 11) is 0. The molecule has 0 spiro atoms. The van der Waals surface area contributed by atoms with Crippen molar-refractivity contribution in [3.63, 3.8) is 0 Å². The number of rotatable bonds is 7. The van der Waals surface area contributed by atoms with Crippen LogP contribution in [0.15, 0.2) is 24.3 Å². The van der Waals surface area contributed by atoms with Crippen molar-refractivity contribution in [3.05, 3.63) is 24.3 Å². The van der Waals surface area contributed by atoms with E-state index in [1.807, 2.05) is 13.0 Å². The minimum atomic E-state index is 0.104. The Hall–Kier alpha value is -0.600. The first-order valence-electron chi connectivity index (χ1n) is 4.36. The SMILES string of the molecule is CC=CCCC=CCOCCO. The summed E-state index contributed by atoms with van der Waals surface area (Å²) in [6, 6.07) is 0. The van der Waals surface area contributed by atoms with Crippen LogP contribution in [0.3, 0.4) is 0 Å². The molecule has 0 atom stereocenters. The third-order valence-corrected chi connectivity index (χ3v) is 1.35. The average Bonchev–Trinajstić information content (AvgIpc) is 2.10. The first kappa shape index (κ1) is 11.4. The van der Waals surface area contributed by atoms with Crippen LogP contribution in [0.2, 0.25) is 0 Å². The lowest BCUT2D eigenvalue weighted by molar-refractivity contribution is 0.112. The lowest BCUT2D eigenvalue weighted by atomic mass is 10.3. The largest absolute Gasteiger partial charge is 0.394 e. The van der Waals surface area contributed by atoms with Gasteiger partial charge in [0.25, 0.3) is 0 Å². The zero-order valence-corrected chi connectivity index (χ0v) is 7.70. The van der Waals surface area contributed by atoms with E-state index in [4.69, 9.17) is 9.84 Å². The summed E-state index contributed by atoms with van der Waals surface area (Å²) < 4.78 is 5.03. The third kappa shape index (κ3) is 9.40. The van der Waals surface area contributed by atoms with Gasteiger partial charge in [0.05, 0.1) is 19.8 Å². The lowest BCUT2D eigenvalue weighted by Gasteiger charge is -1.94. The Kier molecular flexibility index (Phi) is 9.88. The molecule has 70 valence electrons. The van der Waals surface area contributed by atoms with Gasteiger partial charge in [0.1, 0.15) is 0 Å². The number of aliphatic hydroxyl groups is 1. The average molecular weight is 170 g/mol. The van der Waals surface area contributed by atoms with Crippen molar-refractivity contribution in [1.82, 2.24) is 0 Å². The Morgan fingerprint density at radius 3 is 2.58 bits per heavy atom. The van der Waals surface area contributed by atoms with Crippen LogP contribution in [0.1, 0.15) is 19.8 Å². The van der Waals surface area contributed by atoms with Gasteiger partial charge in [-0.25, -0.2) is 0 Å². The Labute approximate surface area is 74.6 Å². The summed E-state index contributed by atoms with van der Waals surface area (Å²) in [6.07, 6.45) is 10.4. The molecule has 0 unspecified atom stereocenters. The summed E-state index contributed by atoms with van der Waals surface area (Å²) in [6.45, 7) is 3.16. The summed E-state index contributed by atoms with van der Waals surface area (Å²) >= 11 is 0. The topological polar surface area (TPSA) is 29.5 Å². The Morgan fingerprint density at radius 1 is 1.17 bits per heavy atom. The summed E-state index contributed by atoms with van der Waals surface area (Å²) in [5, 5.41) is 8.38. The molecule has 0 aliphatic carbocycles. The number of ether oxygens (including phenoxy) is 1. The molecular weight excluding hydrogens is 152 g/mol. The highest BCUT2D eigenvalue weighted by molar-refractivity contribution is 4.86. The smallest absolute Gasteiger partial charge is 0.0701 e. The summed E-state index contributed by atoms with van der Waals surface area (Å²) in [4.78, 5) is 0. The molecule has 12 heavy (non-hydrogen) atoms. The van der Waals surface area contributed by atoms with Crippen molar-refractivity contribution < 1.29 is 9.84 Å². The van der Waals surface area contributed by atoms with Gasteiger partial charge in [-0.1, -0.05) is 24.3 Å². The molecule has 0 rings (SSSR count). The molecule has 0 aliphatic rings. The molecule has 2 nitrogen and oxygen atoms in total. The third-order valence-electron chi connectivity index (χ3n) is 1.35. The van der Waals surface area contributed by atoms with Crippen molar-refractivity contribution in [2.45, 2.75) is 19.8 Å². The Bertz CT molecular complexity index is 128. The second kappa shape index (κ2) is 10.4. The molecule has 0 saturated carbocycles. The van der Waals surface area contributed by atoms with Crippen LogP contribution in [-0.4, -0.2) is 24.9 Å². The molecule has 2 heteroatoms. The highest BCUT2D eigenvalue weighted by Gasteiger charge is 1.80. The van der Waals surface area contributed by atoms with Crippen LogP contribution >= 0.6 is 0 Å².